The first kappa shape index (κ1) is 9.00. The third-order valence-electron chi connectivity index (χ3n) is 1.32. The smallest absolute Gasteiger partial charge is 0.00657 e. The maximum atomic E-state index is 3.62. The highest BCUT2D eigenvalue weighted by Crippen LogP contribution is 2.05. The van der Waals surface area contributed by atoms with Crippen molar-refractivity contribution in [3.63, 3.8) is 0 Å². The quantitative estimate of drug-likeness (QED) is 0.401. The molecule has 0 saturated heterocycles. The Hall–Kier alpha value is -1.00. The summed E-state index contributed by atoms with van der Waals surface area (Å²) >= 11 is 0. The number of allylic oxidation sites excluding steroid dienone is 4. The molecule has 0 aliphatic rings. The molecule has 0 heteroatoms. The van der Waals surface area contributed by atoms with Gasteiger partial charge in [-0.2, -0.15) is 0 Å². The van der Waals surface area contributed by atoms with E-state index in [0.717, 1.165) is 0 Å². The zero-order valence-electron chi connectivity index (χ0n) is 6.94. The van der Waals surface area contributed by atoms with E-state index in [9.17, 15) is 0 Å². The molecule has 0 spiro atoms. The van der Waals surface area contributed by atoms with Crippen LogP contribution in [0.5, 0.6) is 0 Å². The fraction of sp³-hybridized carbons (Fsp3) is 0.300. The largest absolute Gasteiger partial charge is 0.122 e. The summed E-state index contributed by atoms with van der Waals surface area (Å²) in [4.78, 5) is 0. The summed E-state index contributed by atoms with van der Waals surface area (Å²) in [6.45, 7) is 9.66. The summed E-state index contributed by atoms with van der Waals surface area (Å²) in [5.41, 5.74) is 5.49. The normalized spacial score (nSPS) is 10.1. The van der Waals surface area contributed by atoms with E-state index in [-0.39, 0.29) is 0 Å². The predicted octanol–water partition coefficient (Wildman–Crippen LogP) is 3.24. The molecule has 0 nitrogen and oxygen atoms in total. The lowest BCUT2D eigenvalue weighted by Crippen LogP contribution is -1.74. The minimum absolute atomic E-state index is 1.17. The predicted molar refractivity (Wildman–Crippen MR) is 46.9 cm³/mol. The van der Waals surface area contributed by atoms with Gasteiger partial charge in [0.2, 0.25) is 0 Å². The van der Waals surface area contributed by atoms with E-state index >= 15 is 0 Å². The summed E-state index contributed by atoms with van der Waals surface area (Å²) in [7, 11) is 0. The van der Waals surface area contributed by atoms with E-state index in [1.165, 1.54) is 11.1 Å². The van der Waals surface area contributed by atoms with Gasteiger partial charge in [-0.1, -0.05) is 18.7 Å². The van der Waals surface area contributed by atoms with Crippen molar-refractivity contribution in [3.05, 3.63) is 41.7 Å². The molecule has 0 bridgehead atoms. The molecule has 0 aliphatic heterocycles. The second-order valence-corrected chi connectivity index (χ2v) is 2.14. The molecule has 0 aromatic heterocycles. The highest BCUT2D eigenvalue weighted by atomic mass is 13.9. The van der Waals surface area contributed by atoms with Gasteiger partial charge in [0.05, 0.1) is 0 Å². The minimum Gasteiger partial charge on any atom is -0.122 e. The second kappa shape index (κ2) is 4.84. The first-order chi connectivity index (χ1) is 4.72. The lowest BCUT2D eigenvalue weighted by atomic mass is 10.1. The summed E-state index contributed by atoms with van der Waals surface area (Å²) < 4.78 is 0. The molecule has 0 fully saturated rings. The van der Waals surface area contributed by atoms with E-state index in [0.29, 0.717) is 0 Å². The number of hydrogen-bond acceptors (Lipinski definition) is 0. The topological polar surface area (TPSA) is 0 Å². The van der Waals surface area contributed by atoms with Gasteiger partial charge in [-0.25, -0.2) is 0 Å². The van der Waals surface area contributed by atoms with Gasteiger partial charge in [0, 0.05) is 0 Å². The van der Waals surface area contributed by atoms with Crippen LogP contribution in [0.25, 0.3) is 0 Å². The molecule has 0 rings (SSSR count). The maximum Gasteiger partial charge on any atom is -0.00657 e. The summed E-state index contributed by atoms with van der Waals surface area (Å²) in [5, 5.41) is 0. The molecule has 10 heavy (non-hydrogen) atoms. The van der Waals surface area contributed by atoms with Gasteiger partial charge < -0.3 is 0 Å². The first-order valence-electron chi connectivity index (χ1n) is 3.40. The molecule has 0 saturated carbocycles. The molecule has 0 aromatic rings. The van der Waals surface area contributed by atoms with Gasteiger partial charge in [-0.3, -0.25) is 0 Å². The molecule has 0 aromatic carbocycles. The SMILES string of the molecule is C=C/C=C(/C)C(C)=C=CC. The molecule has 0 heterocycles. The first-order valence-corrected chi connectivity index (χ1v) is 3.40. The van der Waals surface area contributed by atoms with Crippen molar-refractivity contribution in [2.24, 2.45) is 0 Å². The van der Waals surface area contributed by atoms with E-state index in [4.69, 9.17) is 0 Å². The third-order valence-corrected chi connectivity index (χ3v) is 1.32. The molecular weight excluding hydrogens is 120 g/mol. The van der Waals surface area contributed by atoms with Gasteiger partial charge in [-0.05, 0) is 38.0 Å². The van der Waals surface area contributed by atoms with E-state index < -0.39 is 0 Å². The van der Waals surface area contributed by atoms with Crippen LogP contribution >= 0.6 is 0 Å². The minimum atomic E-state index is 1.17. The van der Waals surface area contributed by atoms with Crippen molar-refractivity contribution < 1.29 is 0 Å². The molecule has 0 N–H and O–H groups in total. The van der Waals surface area contributed by atoms with E-state index in [1.807, 2.05) is 32.9 Å². The van der Waals surface area contributed by atoms with Gasteiger partial charge >= 0.3 is 0 Å². The average molecular weight is 134 g/mol. The standard InChI is InChI=1S/C10H14/c1-5-7-9(3)10(4)8-6-2/h5-7H,1H2,2-4H3/b9-7-. The maximum absolute atomic E-state index is 3.62. The Labute approximate surface area is 63.3 Å². The lowest BCUT2D eigenvalue weighted by Gasteiger charge is -1.93. The molecule has 0 aliphatic carbocycles. The lowest BCUT2D eigenvalue weighted by molar-refractivity contribution is 1.35. The monoisotopic (exact) mass is 134 g/mol. The third kappa shape index (κ3) is 3.11. The van der Waals surface area contributed by atoms with Crippen LogP contribution in [0.3, 0.4) is 0 Å². The van der Waals surface area contributed by atoms with Crippen molar-refractivity contribution in [1.82, 2.24) is 0 Å². The van der Waals surface area contributed by atoms with Crippen LogP contribution in [0.1, 0.15) is 20.8 Å². The van der Waals surface area contributed by atoms with Gasteiger partial charge in [0.1, 0.15) is 0 Å². The van der Waals surface area contributed by atoms with Crippen molar-refractivity contribution >= 4 is 0 Å². The number of rotatable bonds is 2. The van der Waals surface area contributed by atoms with Gasteiger partial charge in [0.15, 0.2) is 0 Å². The molecule has 0 amide bonds. The number of hydrogen-bond donors (Lipinski definition) is 0. The zero-order valence-corrected chi connectivity index (χ0v) is 6.94. The van der Waals surface area contributed by atoms with Crippen molar-refractivity contribution in [3.8, 4) is 0 Å². The van der Waals surface area contributed by atoms with Crippen LogP contribution < -0.4 is 0 Å². The Kier molecular flexibility index (Phi) is 4.36. The van der Waals surface area contributed by atoms with E-state index in [2.05, 4.69) is 12.3 Å². The van der Waals surface area contributed by atoms with Crippen molar-refractivity contribution in [1.29, 1.82) is 0 Å². The Bertz CT molecular complexity index is 198. The highest BCUT2D eigenvalue weighted by molar-refractivity contribution is 5.28. The molecule has 54 valence electrons. The second-order valence-electron chi connectivity index (χ2n) is 2.14. The highest BCUT2D eigenvalue weighted by Gasteiger charge is 1.86. The van der Waals surface area contributed by atoms with E-state index in [1.54, 1.807) is 6.08 Å². The van der Waals surface area contributed by atoms with Gasteiger partial charge in [-0.15, -0.1) is 5.73 Å². The zero-order chi connectivity index (χ0) is 7.98. The summed E-state index contributed by atoms with van der Waals surface area (Å²) in [5.74, 6) is 0. The van der Waals surface area contributed by atoms with Crippen LogP contribution in [0.15, 0.2) is 41.7 Å². The molecular formula is C10H14. The average Bonchev–Trinajstić information content (AvgIpc) is 1.89. The fourth-order valence-electron chi connectivity index (χ4n) is 0.632. The molecule has 0 radical (unpaired) electrons. The molecule has 0 atom stereocenters. The Morgan fingerprint density at radius 1 is 1.40 bits per heavy atom. The van der Waals surface area contributed by atoms with Crippen LogP contribution in [-0.4, -0.2) is 0 Å². The fourth-order valence-corrected chi connectivity index (χ4v) is 0.632. The van der Waals surface area contributed by atoms with Crippen molar-refractivity contribution in [2.45, 2.75) is 20.8 Å². The van der Waals surface area contributed by atoms with Crippen LogP contribution in [0, 0.1) is 0 Å². The van der Waals surface area contributed by atoms with Gasteiger partial charge in [0.25, 0.3) is 0 Å². The Morgan fingerprint density at radius 2 is 2.00 bits per heavy atom. The summed E-state index contributed by atoms with van der Waals surface area (Å²) in [6, 6.07) is 0. The van der Waals surface area contributed by atoms with Crippen molar-refractivity contribution in [2.75, 3.05) is 0 Å². The van der Waals surface area contributed by atoms with Crippen LogP contribution in [0.2, 0.25) is 0 Å². The van der Waals surface area contributed by atoms with Crippen LogP contribution in [0.4, 0.5) is 0 Å². The Morgan fingerprint density at radius 3 is 2.40 bits per heavy atom. The summed E-state index contributed by atoms with van der Waals surface area (Å²) in [6.07, 6.45) is 5.68. The molecule has 0 unspecified atom stereocenters. The Balaban J connectivity index is 4.51. The van der Waals surface area contributed by atoms with Crippen LogP contribution in [-0.2, 0) is 0 Å².